The van der Waals surface area contributed by atoms with Gasteiger partial charge in [-0.15, -0.1) is 0 Å². The lowest BCUT2D eigenvalue weighted by atomic mass is 10.2. The van der Waals surface area contributed by atoms with Gasteiger partial charge in [0.1, 0.15) is 5.75 Å². The predicted octanol–water partition coefficient (Wildman–Crippen LogP) is 1.27. The number of rotatable bonds is 3. The normalized spacial score (nSPS) is 12.0. The van der Waals surface area contributed by atoms with Crippen molar-refractivity contribution in [2.45, 2.75) is 5.51 Å². The van der Waals surface area contributed by atoms with E-state index >= 15 is 0 Å². The minimum absolute atomic E-state index is 0.161. The highest BCUT2D eigenvalue weighted by Gasteiger charge is 2.48. The van der Waals surface area contributed by atoms with Gasteiger partial charge in [-0.2, -0.15) is 21.6 Å². The zero-order valence-electron chi connectivity index (χ0n) is 8.98. The summed E-state index contributed by atoms with van der Waals surface area (Å²) >= 11 is 0. The first-order valence-electron chi connectivity index (χ1n) is 4.50. The molecule has 18 heavy (non-hydrogen) atoms. The Morgan fingerprint density at radius 2 is 1.72 bits per heavy atom. The highest BCUT2D eigenvalue weighted by molar-refractivity contribution is 7.87. The van der Waals surface area contributed by atoms with Crippen LogP contribution in [-0.2, 0) is 10.1 Å². The van der Waals surface area contributed by atoms with E-state index in [0.717, 1.165) is 24.3 Å². The molecule has 0 radical (unpaired) electrons. The molecule has 0 bridgehead atoms. The van der Waals surface area contributed by atoms with Gasteiger partial charge in [-0.1, -0.05) is 0 Å². The molecule has 0 spiro atoms. The average molecular weight is 283 g/mol. The molecule has 1 aromatic carbocycles. The van der Waals surface area contributed by atoms with Crippen LogP contribution < -0.4 is 9.50 Å². The van der Waals surface area contributed by atoms with Crippen LogP contribution in [0.5, 0.6) is 5.75 Å². The summed E-state index contributed by atoms with van der Waals surface area (Å²) in [7, 11) is -4.31. The summed E-state index contributed by atoms with van der Waals surface area (Å²) in [4.78, 5) is 11.1. The Hall–Kier alpha value is -1.77. The number of amides is 1. The molecule has 1 rings (SSSR count). The molecular weight excluding hydrogens is 275 g/mol. The number of benzene rings is 1. The van der Waals surface area contributed by atoms with Crippen molar-refractivity contribution in [3.05, 3.63) is 29.8 Å². The van der Waals surface area contributed by atoms with E-state index in [1.165, 1.54) is 7.05 Å². The molecule has 0 heterocycles. The van der Waals surface area contributed by atoms with Gasteiger partial charge in [0.15, 0.2) is 0 Å². The predicted molar refractivity (Wildman–Crippen MR) is 55.4 cm³/mol. The SMILES string of the molecule is CNC(=O)c1ccc(OS(=O)(=O)C(F)(F)F)cc1. The Kier molecular flexibility index (Phi) is 3.85. The Morgan fingerprint density at radius 1 is 1.22 bits per heavy atom. The quantitative estimate of drug-likeness (QED) is 0.670. The number of hydrogen-bond donors (Lipinski definition) is 1. The third-order valence-corrected chi connectivity index (χ3v) is 2.81. The summed E-state index contributed by atoms with van der Waals surface area (Å²) in [5.74, 6) is -0.986. The molecule has 0 aliphatic heterocycles. The van der Waals surface area contributed by atoms with Crippen molar-refractivity contribution in [3.63, 3.8) is 0 Å². The Bertz CT molecular complexity index is 536. The minimum Gasteiger partial charge on any atom is -0.376 e. The topological polar surface area (TPSA) is 72.5 Å². The number of halogens is 3. The van der Waals surface area contributed by atoms with E-state index in [1.54, 1.807) is 0 Å². The number of carbonyl (C=O) groups excluding carboxylic acids is 1. The van der Waals surface area contributed by atoms with Crippen LogP contribution in [-0.4, -0.2) is 26.9 Å². The molecule has 5 nitrogen and oxygen atoms in total. The molecule has 1 aromatic rings. The molecule has 0 fully saturated rings. The van der Waals surface area contributed by atoms with Gasteiger partial charge < -0.3 is 9.50 Å². The Labute approximate surface area is 101 Å². The standard InChI is InChI=1S/C9H8F3NO4S/c1-13-8(14)6-2-4-7(5-3-6)17-18(15,16)9(10,11)12/h2-5H,1H3,(H,13,14). The van der Waals surface area contributed by atoms with Crippen molar-refractivity contribution in [2.75, 3.05) is 7.05 Å². The van der Waals surface area contributed by atoms with Crippen molar-refractivity contribution in [3.8, 4) is 5.75 Å². The zero-order chi connectivity index (χ0) is 14.0. The molecule has 0 aliphatic rings. The van der Waals surface area contributed by atoms with Crippen LogP contribution >= 0.6 is 0 Å². The largest absolute Gasteiger partial charge is 0.534 e. The van der Waals surface area contributed by atoms with Gasteiger partial charge >= 0.3 is 15.6 Å². The summed E-state index contributed by atoms with van der Waals surface area (Å²) in [6.45, 7) is 0. The number of alkyl halides is 3. The van der Waals surface area contributed by atoms with Gasteiger partial charge in [-0.05, 0) is 24.3 Å². The lowest BCUT2D eigenvalue weighted by Gasteiger charge is -2.09. The molecule has 1 N–H and O–H groups in total. The Morgan fingerprint density at radius 3 is 2.11 bits per heavy atom. The highest BCUT2D eigenvalue weighted by atomic mass is 32.2. The third kappa shape index (κ3) is 3.13. The van der Waals surface area contributed by atoms with Crippen LogP contribution in [0.15, 0.2) is 24.3 Å². The summed E-state index contributed by atoms with van der Waals surface area (Å²) < 4.78 is 61.2. The van der Waals surface area contributed by atoms with Crippen LogP contribution in [0.1, 0.15) is 10.4 Å². The lowest BCUT2D eigenvalue weighted by molar-refractivity contribution is -0.0500. The molecule has 9 heteroatoms. The second-order valence-corrected chi connectivity index (χ2v) is 4.62. The maximum Gasteiger partial charge on any atom is 0.534 e. The van der Waals surface area contributed by atoms with E-state index in [9.17, 15) is 26.4 Å². The molecule has 0 saturated heterocycles. The summed E-state index contributed by atoms with van der Waals surface area (Å²) in [5, 5.41) is 2.30. The van der Waals surface area contributed by atoms with Crippen molar-refractivity contribution in [1.29, 1.82) is 0 Å². The Balaban J connectivity index is 2.92. The molecule has 0 aliphatic carbocycles. The van der Waals surface area contributed by atoms with E-state index in [1.807, 2.05) is 0 Å². The van der Waals surface area contributed by atoms with Gasteiger partial charge in [0, 0.05) is 12.6 Å². The molecule has 0 saturated carbocycles. The van der Waals surface area contributed by atoms with E-state index < -0.39 is 27.3 Å². The smallest absolute Gasteiger partial charge is 0.376 e. The van der Waals surface area contributed by atoms with Gasteiger partial charge in [0.2, 0.25) is 0 Å². The maximum atomic E-state index is 12.0. The lowest BCUT2D eigenvalue weighted by Crippen LogP contribution is -2.28. The summed E-state index contributed by atoms with van der Waals surface area (Å²) in [5.41, 5.74) is -5.33. The van der Waals surface area contributed by atoms with Crippen LogP contribution in [0, 0.1) is 0 Å². The van der Waals surface area contributed by atoms with Crippen molar-refractivity contribution in [2.24, 2.45) is 0 Å². The van der Waals surface area contributed by atoms with Gasteiger partial charge in [-0.3, -0.25) is 4.79 Å². The number of nitrogens with one attached hydrogen (secondary N) is 1. The average Bonchev–Trinajstić information content (AvgIpc) is 2.27. The second-order valence-electron chi connectivity index (χ2n) is 3.09. The number of carbonyl (C=O) groups is 1. The van der Waals surface area contributed by atoms with Gasteiger partial charge in [-0.25, -0.2) is 0 Å². The second kappa shape index (κ2) is 4.84. The van der Waals surface area contributed by atoms with Crippen molar-refractivity contribution >= 4 is 16.0 Å². The van der Waals surface area contributed by atoms with Gasteiger partial charge in [0.05, 0.1) is 0 Å². The maximum absolute atomic E-state index is 12.0. The molecule has 0 unspecified atom stereocenters. The monoisotopic (exact) mass is 283 g/mol. The fraction of sp³-hybridized carbons (Fsp3) is 0.222. The highest BCUT2D eigenvalue weighted by Crippen LogP contribution is 2.26. The first kappa shape index (κ1) is 14.3. The molecular formula is C9H8F3NO4S. The first-order valence-corrected chi connectivity index (χ1v) is 5.91. The third-order valence-electron chi connectivity index (χ3n) is 1.83. The van der Waals surface area contributed by atoms with Crippen LogP contribution in [0.3, 0.4) is 0 Å². The van der Waals surface area contributed by atoms with E-state index in [4.69, 9.17) is 0 Å². The van der Waals surface area contributed by atoms with E-state index in [2.05, 4.69) is 9.50 Å². The zero-order valence-corrected chi connectivity index (χ0v) is 9.80. The molecule has 1 amide bonds. The molecule has 100 valence electrons. The van der Waals surface area contributed by atoms with E-state index in [0.29, 0.717) is 0 Å². The fourth-order valence-corrected chi connectivity index (χ4v) is 1.44. The van der Waals surface area contributed by atoms with Crippen LogP contribution in [0.25, 0.3) is 0 Å². The minimum atomic E-state index is -5.69. The van der Waals surface area contributed by atoms with Crippen LogP contribution in [0.4, 0.5) is 13.2 Å². The molecule has 0 aromatic heterocycles. The van der Waals surface area contributed by atoms with Crippen molar-refractivity contribution in [1.82, 2.24) is 5.32 Å². The number of hydrogen-bond acceptors (Lipinski definition) is 4. The van der Waals surface area contributed by atoms with Crippen molar-refractivity contribution < 1.29 is 30.6 Å². The summed E-state index contributed by atoms with van der Waals surface area (Å²) in [6.07, 6.45) is 0. The van der Waals surface area contributed by atoms with Crippen LogP contribution in [0.2, 0.25) is 0 Å². The molecule has 0 atom stereocenters. The summed E-state index contributed by atoms with van der Waals surface area (Å²) in [6, 6.07) is 4.18. The van der Waals surface area contributed by atoms with E-state index in [-0.39, 0.29) is 5.56 Å². The first-order chi connectivity index (χ1) is 8.17. The fourth-order valence-electron chi connectivity index (χ4n) is 0.980. The van der Waals surface area contributed by atoms with Gasteiger partial charge in [0.25, 0.3) is 5.91 Å².